The molecule has 2 saturated heterocycles. The Balaban J connectivity index is 1.45. The van der Waals surface area contributed by atoms with Crippen LogP contribution in [-0.2, 0) is 16.1 Å². The molecule has 1 aromatic heterocycles. The van der Waals surface area contributed by atoms with Gasteiger partial charge >= 0.3 is 0 Å². The summed E-state index contributed by atoms with van der Waals surface area (Å²) in [5.74, 6) is 1.24. The number of piperidine rings is 2. The first-order valence-electron chi connectivity index (χ1n) is 10.6. The predicted molar refractivity (Wildman–Crippen MR) is 109 cm³/mol. The molecule has 0 bridgehead atoms. The molecule has 7 heteroatoms. The zero-order chi connectivity index (χ0) is 19.9. The van der Waals surface area contributed by atoms with Crippen molar-refractivity contribution in [2.75, 3.05) is 46.4 Å². The van der Waals surface area contributed by atoms with E-state index in [9.17, 15) is 4.79 Å². The molecule has 1 N–H and O–H groups in total. The van der Waals surface area contributed by atoms with Crippen LogP contribution < -0.4 is 5.32 Å². The molecule has 0 aliphatic carbocycles. The number of nitrogens with zero attached hydrogens (tertiary/aromatic N) is 4. The van der Waals surface area contributed by atoms with E-state index in [-0.39, 0.29) is 11.8 Å². The molecule has 2 fully saturated rings. The van der Waals surface area contributed by atoms with Gasteiger partial charge in [-0.3, -0.25) is 14.6 Å². The van der Waals surface area contributed by atoms with Crippen molar-refractivity contribution in [1.29, 1.82) is 0 Å². The van der Waals surface area contributed by atoms with Crippen molar-refractivity contribution in [3.8, 4) is 0 Å². The second kappa shape index (κ2) is 10.3. The number of hydrogen-bond donors (Lipinski definition) is 1. The molecule has 0 saturated carbocycles. The molecule has 1 amide bonds. The molecular weight excluding hydrogens is 354 g/mol. The molecule has 7 nitrogen and oxygen atoms in total. The van der Waals surface area contributed by atoms with E-state index in [2.05, 4.69) is 25.1 Å². The van der Waals surface area contributed by atoms with Crippen molar-refractivity contribution in [3.63, 3.8) is 0 Å². The smallest absolute Gasteiger partial charge is 0.224 e. The van der Waals surface area contributed by atoms with Gasteiger partial charge < -0.3 is 10.1 Å². The predicted octanol–water partition coefficient (Wildman–Crippen LogP) is 1.53. The van der Waals surface area contributed by atoms with Gasteiger partial charge in [0, 0.05) is 50.7 Å². The largest absolute Gasteiger partial charge is 0.383 e. The summed E-state index contributed by atoms with van der Waals surface area (Å²) in [4.78, 5) is 26.6. The number of carbonyl (C=O) groups excluding carboxylic acids is 1. The average Bonchev–Trinajstić information content (AvgIpc) is 2.68. The van der Waals surface area contributed by atoms with E-state index in [4.69, 9.17) is 4.74 Å². The number of carbonyl (C=O) groups is 1. The van der Waals surface area contributed by atoms with Crippen LogP contribution in [0.25, 0.3) is 0 Å². The van der Waals surface area contributed by atoms with Crippen molar-refractivity contribution in [2.24, 2.45) is 5.92 Å². The highest BCUT2D eigenvalue weighted by molar-refractivity contribution is 5.78. The standard InChI is InChI=1S/C21H35N5O2/c1-16-13-17(2)24-20(23-16)15-25-10-6-19(7-11-25)26-9-4-5-18(14-26)21(27)22-8-12-28-3/h13,18-19H,4-12,14-15H2,1-3H3,(H,22,27). The Hall–Kier alpha value is -1.57. The Labute approximate surface area is 168 Å². The second-order valence-electron chi connectivity index (χ2n) is 8.19. The minimum atomic E-state index is 0.118. The van der Waals surface area contributed by atoms with Crippen molar-refractivity contribution >= 4 is 5.91 Å². The number of amides is 1. The minimum absolute atomic E-state index is 0.118. The SMILES string of the molecule is COCCNC(=O)C1CCCN(C2CCN(Cc3nc(C)cc(C)n3)CC2)C1. The minimum Gasteiger partial charge on any atom is -0.383 e. The van der Waals surface area contributed by atoms with Crippen LogP contribution in [0, 0.1) is 19.8 Å². The van der Waals surface area contributed by atoms with Crippen LogP contribution in [0.3, 0.4) is 0 Å². The molecular formula is C21H35N5O2. The summed E-state index contributed by atoms with van der Waals surface area (Å²) >= 11 is 0. The highest BCUT2D eigenvalue weighted by Gasteiger charge is 2.31. The van der Waals surface area contributed by atoms with Gasteiger partial charge in [0.05, 0.1) is 19.1 Å². The fourth-order valence-electron chi connectivity index (χ4n) is 4.49. The van der Waals surface area contributed by atoms with Crippen LogP contribution in [0.1, 0.15) is 42.9 Å². The number of methoxy groups -OCH3 is 1. The normalized spacial score (nSPS) is 22.3. The van der Waals surface area contributed by atoms with Gasteiger partial charge in [-0.15, -0.1) is 0 Å². The van der Waals surface area contributed by atoms with Crippen LogP contribution in [0.15, 0.2) is 6.07 Å². The van der Waals surface area contributed by atoms with E-state index in [0.717, 1.165) is 75.6 Å². The Morgan fingerprint density at radius 2 is 1.89 bits per heavy atom. The summed E-state index contributed by atoms with van der Waals surface area (Å²) in [7, 11) is 1.66. The quantitative estimate of drug-likeness (QED) is 0.713. The van der Waals surface area contributed by atoms with E-state index < -0.39 is 0 Å². The first-order chi connectivity index (χ1) is 13.5. The van der Waals surface area contributed by atoms with Gasteiger partial charge in [-0.1, -0.05) is 0 Å². The topological polar surface area (TPSA) is 70.6 Å². The maximum atomic E-state index is 12.4. The van der Waals surface area contributed by atoms with E-state index in [1.54, 1.807) is 7.11 Å². The number of aryl methyl sites for hydroxylation is 2. The van der Waals surface area contributed by atoms with E-state index in [1.807, 2.05) is 19.9 Å². The molecule has 0 radical (unpaired) electrons. The summed E-state index contributed by atoms with van der Waals surface area (Å²) in [5, 5.41) is 3.01. The lowest BCUT2D eigenvalue weighted by Gasteiger charge is -2.42. The number of hydrogen-bond acceptors (Lipinski definition) is 6. The summed E-state index contributed by atoms with van der Waals surface area (Å²) in [5.41, 5.74) is 2.08. The maximum absolute atomic E-state index is 12.4. The maximum Gasteiger partial charge on any atom is 0.224 e. The van der Waals surface area contributed by atoms with Crippen LogP contribution >= 0.6 is 0 Å². The molecule has 1 aromatic rings. The highest BCUT2D eigenvalue weighted by Crippen LogP contribution is 2.24. The first-order valence-corrected chi connectivity index (χ1v) is 10.6. The molecule has 2 aliphatic rings. The Morgan fingerprint density at radius 1 is 1.18 bits per heavy atom. The van der Waals surface area contributed by atoms with Gasteiger partial charge in [-0.25, -0.2) is 9.97 Å². The van der Waals surface area contributed by atoms with Gasteiger partial charge in [0.2, 0.25) is 5.91 Å². The summed E-state index contributed by atoms with van der Waals surface area (Å²) in [6.07, 6.45) is 4.42. The summed E-state index contributed by atoms with van der Waals surface area (Å²) < 4.78 is 5.02. The third kappa shape index (κ3) is 5.96. The van der Waals surface area contributed by atoms with Gasteiger partial charge in [0.25, 0.3) is 0 Å². The fraction of sp³-hybridized carbons (Fsp3) is 0.762. The highest BCUT2D eigenvalue weighted by atomic mass is 16.5. The number of likely N-dealkylation sites (tertiary alicyclic amines) is 2. The van der Waals surface area contributed by atoms with Crippen molar-refractivity contribution < 1.29 is 9.53 Å². The van der Waals surface area contributed by atoms with E-state index >= 15 is 0 Å². The van der Waals surface area contributed by atoms with Crippen LogP contribution in [0.5, 0.6) is 0 Å². The molecule has 1 atom stereocenters. The monoisotopic (exact) mass is 389 g/mol. The van der Waals surface area contributed by atoms with Crippen LogP contribution in [-0.4, -0.2) is 78.2 Å². The zero-order valence-corrected chi connectivity index (χ0v) is 17.6. The zero-order valence-electron chi connectivity index (χ0n) is 17.6. The van der Waals surface area contributed by atoms with Gasteiger partial charge in [-0.05, 0) is 52.1 Å². The molecule has 3 rings (SSSR count). The van der Waals surface area contributed by atoms with Crippen LogP contribution in [0.4, 0.5) is 0 Å². The second-order valence-corrected chi connectivity index (χ2v) is 8.19. The number of aromatic nitrogens is 2. The molecule has 1 unspecified atom stereocenters. The number of nitrogens with one attached hydrogen (secondary N) is 1. The molecule has 2 aliphatic heterocycles. The number of ether oxygens (including phenoxy) is 1. The van der Waals surface area contributed by atoms with Gasteiger partial charge in [-0.2, -0.15) is 0 Å². The van der Waals surface area contributed by atoms with Crippen molar-refractivity contribution in [3.05, 3.63) is 23.3 Å². The van der Waals surface area contributed by atoms with Gasteiger partial charge in [0.1, 0.15) is 5.82 Å². The molecule has 3 heterocycles. The summed E-state index contributed by atoms with van der Waals surface area (Å²) in [6, 6.07) is 2.61. The Kier molecular flexibility index (Phi) is 7.76. The lowest BCUT2D eigenvalue weighted by atomic mass is 9.93. The molecule has 156 valence electrons. The van der Waals surface area contributed by atoms with Crippen LogP contribution in [0.2, 0.25) is 0 Å². The van der Waals surface area contributed by atoms with Gasteiger partial charge in [0.15, 0.2) is 0 Å². The first kappa shape index (κ1) is 21.1. The van der Waals surface area contributed by atoms with E-state index in [0.29, 0.717) is 19.2 Å². The Bertz CT molecular complexity index is 625. The lowest BCUT2D eigenvalue weighted by Crippen LogP contribution is -2.50. The van der Waals surface area contributed by atoms with E-state index in [1.165, 1.54) is 0 Å². The average molecular weight is 390 g/mol. The molecule has 0 spiro atoms. The fourth-order valence-corrected chi connectivity index (χ4v) is 4.49. The third-order valence-electron chi connectivity index (χ3n) is 5.90. The molecule has 0 aromatic carbocycles. The summed E-state index contributed by atoms with van der Waals surface area (Å²) in [6.45, 7) is 10.2. The lowest BCUT2D eigenvalue weighted by molar-refractivity contribution is -0.127. The van der Waals surface area contributed by atoms with Crippen molar-refractivity contribution in [2.45, 2.75) is 52.1 Å². The van der Waals surface area contributed by atoms with Crippen molar-refractivity contribution in [1.82, 2.24) is 25.1 Å². The Morgan fingerprint density at radius 3 is 2.57 bits per heavy atom. The molecule has 28 heavy (non-hydrogen) atoms. The number of rotatable bonds is 7. The third-order valence-corrected chi connectivity index (χ3v) is 5.90.